The minimum absolute atomic E-state index is 0.502. The zero-order valence-corrected chi connectivity index (χ0v) is 10.1. The Morgan fingerprint density at radius 2 is 1.87 bits per heavy atom. The van der Waals surface area contributed by atoms with Gasteiger partial charge in [0.1, 0.15) is 0 Å². The highest BCUT2D eigenvalue weighted by Gasteiger charge is 2.25. The molecule has 0 aliphatic heterocycles. The van der Waals surface area contributed by atoms with E-state index in [2.05, 4.69) is 12.2 Å². The molecule has 0 saturated heterocycles. The first-order valence-electron chi connectivity index (χ1n) is 5.07. The highest BCUT2D eigenvalue weighted by Crippen LogP contribution is 2.35. The number of rotatable bonds is 2. The highest BCUT2D eigenvalue weighted by molar-refractivity contribution is 6.42. The lowest BCUT2D eigenvalue weighted by Gasteiger charge is -2.34. The second-order valence-electron chi connectivity index (χ2n) is 4.27. The summed E-state index contributed by atoms with van der Waals surface area (Å²) in [6.07, 6.45) is 2.39. The van der Waals surface area contributed by atoms with Gasteiger partial charge in [0.05, 0.1) is 21.4 Å². The van der Waals surface area contributed by atoms with Gasteiger partial charge in [-0.15, -0.1) is 0 Å². The van der Waals surface area contributed by atoms with Gasteiger partial charge in [-0.05, 0) is 30.9 Å². The van der Waals surface area contributed by atoms with Crippen molar-refractivity contribution >= 4 is 34.6 Å². The van der Waals surface area contributed by atoms with Gasteiger partial charge in [0, 0.05) is 6.04 Å². The summed E-state index contributed by atoms with van der Waals surface area (Å²) in [5, 5.41) is 4.42. The Morgan fingerprint density at radius 3 is 2.47 bits per heavy atom. The first-order chi connectivity index (χ1) is 7.06. The molecule has 4 heteroatoms. The molecule has 0 spiro atoms. The van der Waals surface area contributed by atoms with Crippen molar-refractivity contribution < 1.29 is 0 Å². The first kappa shape index (κ1) is 10.9. The van der Waals surface area contributed by atoms with Gasteiger partial charge < -0.3 is 11.1 Å². The molecular formula is C11H14Cl2N2. The molecule has 2 nitrogen and oxygen atoms in total. The number of benzene rings is 1. The molecule has 0 amide bonds. The third-order valence-corrected chi connectivity index (χ3v) is 3.55. The van der Waals surface area contributed by atoms with Crippen LogP contribution in [0.1, 0.15) is 19.8 Å². The molecule has 3 N–H and O–H groups in total. The zero-order chi connectivity index (χ0) is 11.0. The standard InChI is InChI=1S/C11H14Cl2N2/c1-6-2-7(3-6)15-11-5-9(13)8(12)4-10(11)14/h4-7,15H,2-3,14H2,1H3. The van der Waals surface area contributed by atoms with E-state index in [9.17, 15) is 0 Å². The van der Waals surface area contributed by atoms with Gasteiger partial charge in [-0.25, -0.2) is 0 Å². The summed E-state index contributed by atoms with van der Waals surface area (Å²) >= 11 is 11.8. The Morgan fingerprint density at radius 1 is 1.27 bits per heavy atom. The number of nitrogens with two attached hydrogens (primary N) is 1. The highest BCUT2D eigenvalue weighted by atomic mass is 35.5. The maximum atomic E-state index is 5.93. The van der Waals surface area contributed by atoms with Gasteiger partial charge in [0.25, 0.3) is 0 Å². The average Bonchev–Trinajstić information content (AvgIpc) is 2.11. The molecule has 0 radical (unpaired) electrons. The fourth-order valence-electron chi connectivity index (χ4n) is 1.93. The smallest absolute Gasteiger partial charge is 0.0614 e. The van der Waals surface area contributed by atoms with Crippen LogP contribution in [-0.4, -0.2) is 6.04 Å². The second kappa shape index (κ2) is 4.11. The molecule has 15 heavy (non-hydrogen) atoms. The van der Waals surface area contributed by atoms with E-state index in [-0.39, 0.29) is 0 Å². The van der Waals surface area contributed by atoms with Gasteiger partial charge in [-0.2, -0.15) is 0 Å². The number of nitrogens with one attached hydrogen (secondary N) is 1. The van der Waals surface area contributed by atoms with Crippen LogP contribution in [-0.2, 0) is 0 Å². The van der Waals surface area contributed by atoms with E-state index in [1.54, 1.807) is 12.1 Å². The van der Waals surface area contributed by atoms with Crippen LogP contribution in [0.25, 0.3) is 0 Å². The quantitative estimate of drug-likeness (QED) is 0.778. The third-order valence-electron chi connectivity index (χ3n) is 2.83. The number of anilines is 2. The third kappa shape index (κ3) is 2.32. The van der Waals surface area contributed by atoms with Crippen molar-refractivity contribution in [1.82, 2.24) is 0 Å². The molecule has 0 bridgehead atoms. The van der Waals surface area contributed by atoms with E-state index in [1.165, 1.54) is 12.8 Å². The van der Waals surface area contributed by atoms with E-state index >= 15 is 0 Å². The Labute approximate surface area is 99.7 Å². The summed E-state index contributed by atoms with van der Waals surface area (Å²) in [6.45, 7) is 2.25. The van der Waals surface area contributed by atoms with Gasteiger partial charge in [-0.3, -0.25) is 0 Å². The molecule has 0 atom stereocenters. The summed E-state index contributed by atoms with van der Waals surface area (Å²) in [6, 6.07) is 4.01. The van der Waals surface area contributed by atoms with Crippen molar-refractivity contribution in [3.63, 3.8) is 0 Å². The van der Waals surface area contributed by atoms with Crippen LogP contribution in [0.5, 0.6) is 0 Å². The van der Waals surface area contributed by atoms with Gasteiger partial charge in [-0.1, -0.05) is 30.1 Å². The Balaban J connectivity index is 2.11. The fraction of sp³-hybridized carbons (Fsp3) is 0.455. The summed E-state index contributed by atoms with van der Waals surface area (Å²) < 4.78 is 0. The number of hydrogen-bond acceptors (Lipinski definition) is 2. The van der Waals surface area contributed by atoms with Crippen LogP contribution in [0.2, 0.25) is 10.0 Å². The predicted molar refractivity (Wildman–Crippen MR) is 66.7 cm³/mol. The van der Waals surface area contributed by atoms with Crippen molar-refractivity contribution in [3.8, 4) is 0 Å². The molecule has 0 aromatic heterocycles. The second-order valence-corrected chi connectivity index (χ2v) is 5.09. The van der Waals surface area contributed by atoms with E-state index < -0.39 is 0 Å². The number of hydrogen-bond donors (Lipinski definition) is 2. The molecule has 1 aromatic carbocycles. The maximum Gasteiger partial charge on any atom is 0.0614 e. The Kier molecular flexibility index (Phi) is 2.98. The van der Waals surface area contributed by atoms with Crippen LogP contribution in [0.4, 0.5) is 11.4 Å². The summed E-state index contributed by atoms with van der Waals surface area (Å²) in [7, 11) is 0. The molecule has 0 unspecified atom stereocenters. The van der Waals surface area contributed by atoms with Gasteiger partial charge >= 0.3 is 0 Å². The molecule has 1 aromatic rings. The van der Waals surface area contributed by atoms with Crippen LogP contribution < -0.4 is 11.1 Å². The Hall–Kier alpha value is -0.600. The topological polar surface area (TPSA) is 38.0 Å². The first-order valence-corrected chi connectivity index (χ1v) is 5.83. The zero-order valence-electron chi connectivity index (χ0n) is 8.56. The molecule has 1 aliphatic carbocycles. The lowest BCUT2D eigenvalue weighted by atomic mass is 9.82. The van der Waals surface area contributed by atoms with Crippen LogP contribution >= 0.6 is 23.2 Å². The maximum absolute atomic E-state index is 5.93. The van der Waals surface area contributed by atoms with Gasteiger partial charge in [0.2, 0.25) is 0 Å². The van der Waals surface area contributed by atoms with E-state index in [4.69, 9.17) is 28.9 Å². The van der Waals surface area contributed by atoms with Crippen molar-refractivity contribution in [2.75, 3.05) is 11.1 Å². The van der Waals surface area contributed by atoms with E-state index in [1.807, 2.05) is 0 Å². The Bertz CT molecular complexity index is 373. The number of nitrogen functional groups attached to an aromatic ring is 1. The van der Waals surface area contributed by atoms with Crippen LogP contribution in [0.15, 0.2) is 12.1 Å². The normalized spacial score (nSPS) is 24.7. The minimum Gasteiger partial charge on any atom is -0.397 e. The van der Waals surface area contributed by atoms with Gasteiger partial charge in [0.15, 0.2) is 0 Å². The lowest BCUT2D eigenvalue weighted by molar-refractivity contribution is 0.309. The molecule has 0 heterocycles. The molecule has 1 fully saturated rings. The van der Waals surface area contributed by atoms with Crippen LogP contribution in [0, 0.1) is 5.92 Å². The minimum atomic E-state index is 0.502. The van der Waals surface area contributed by atoms with Crippen molar-refractivity contribution in [3.05, 3.63) is 22.2 Å². The molecule has 1 aliphatic rings. The fourth-order valence-corrected chi connectivity index (χ4v) is 2.26. The molecule has 1 saturated carbocycles. The summed E-state index contributed by atoms with van der Waals surface area (Å²) in [5.41, 5.74) is 7.39. The van der Waals surface area contributed by atoms with Crippen molar-refractivity contribution in [1.29, 1.82) is 0 Å². The molecular weight excluding hydrogens is 231 g/mol. The summed E-state index contributed by atoms with van der Waals surface area (Å²) in [5.74, 6) is 0.812. The van der Waals surface area contributed by atoms with E-state index in [0.717, 1.165) is 11.6 Å². The van der Waals surface area contributed by atoms with Crippen molar-refractivity contribution in [2.45, 2.75) is 25.8 Å². The van der Waals surface area contributed by atoms with Crippen LogP contribution in [0.3, 0.4) is 0 Å². The average molecular weight is 245 g/mol. The number of halogens is 2. The monoisotopic (exact) mass is 244 g/mol. The SMILES string of the molecule is CC1CC(Nc2cc(Cl)c(Cl)cc2N)C1. The molecule has 82 valence electrons. The van der Waals surface area contributed by atoms with E-state index in [0.29, 0.717) is 21.8 Å². The largest absolute Gasteiger partial charge is 0.397 e. The van der Waals surface area contributed by atoms with Crippen molar-refractivity contribution in [2.24, 2.45) is 5.92 Å². The summed E-state index contributed by atoms with van der Waals surface area (Å²) in [4.78, 5) is 0. The lowest BCUT2D eigenvalue weighted by Crippen LogP contribution is -2.33. The predicted octanol–water partition coefficient (Wildman–Crippen LogP) is 3.79. The molecule has 2 rings (SSSR count).